The summed E-state index contributed by atoms with van der Waals surface area (Å²) in [7, 11) is 0. The Hall–Kier alpha value is -2.38. The molecule has 7 heteroatoms. The zero-order valence-corrected chi connectivity index (χ0v) is 19.3. The van der Waals surface area contributed by atoms with Crippen molar-refractivity contribution in [3.8, 4) is 23.0 Å². The summed E-state index contributed by atoms with van der Waals surface area (Å²) in [5, 5.41) is 0.796. The topological polar surface area (TPSA) is 55.3 Å². The van der Waals surface area contributed by atoms with Gasteiger partial charge in [0, 0.05) is 35.1 Å². The molecule has 0 bridgehead atoms. The molecule has 0 saturated heterocycles. The monoisotopic (exact) mass is 483 g/mol. The summed E-state index contributed by atoms with van der Waals surface area (Å²) in [5.74, 6) is 2.42. The molecule has 2 heterocycles. The van der Waals surface area contributed by atoms with Gasteiger partial charge in [0.25, 0.3) is 0 Å². The van der Waals surface area contributed by atoms with Crippen LogP contribution in [-0.4, -0.2) is 39.6 Å². The summed E-state index contributed by atoms with van der Waals surface area (Å²) in [5.41, 5.74) is 2.92. The molecule has 1 aromatic heterocycles. The molecule has 2 aromatic carbocycles. The number of halogens is 1. The summed E-state index contributed by atoms with van der Waals surface area (Å²) < 4.78 is 7.15. The van der Waals surface area contributed by atoms with Gasteiger partial charge in [0.15, 0.2) is 5.82 Å². The molecule has 0 radical (unpaired) electrons. The Balaban J connectivity index is 1.71. The highest BCUT2D eigenvalue weighted by Crippen LogP contribution is 2.41. The molecule has 1 amide bonds. The van der Waals surface area contributed by atoms with Crippen LogP contribution in [0.1, 0.15) is 25.0 Å². The van der Waals surface area contributed by atoms with Gasteiger partial charge in [0.2, 0.25) is 11.8 Å². The second-order valence-electron chi connectivity index (χ2n) is 6.89. The Morgan fingerprint density at radius 2 is 1.90 bits per heavy atom. The summed E-state index contributed by atoms with van der Waals surface area (Å²) in [6, 6.07) is 15.8. The lowest BCUT2D eigenvalue weighted by Gasteiger charge is -2.22. The van der Waals surface area contributed by atoms with Crippen molar-refractivity contribution in [2.75, 3.05) is 18.8 Å². The molecule has 4 rings (SSSR count). The molecule has 0 unspecified atom stereocenters. The van der Waals surface area contributed by atoms with Gasteiger partial charge in [-0.15, -0.1) is 0 Å². The Morgan fingerprint density at radius 1 is 1.13 bits per heavy atom. The third kappa shape index (κ3) is 4.37. The third-order valence-corrected chi connectivity index (χ3v) is 6.50. The van der Waals surface area contributed by atoms with Gasteiger partial charge in [-0.25, -0.2) is 4.98 Å². The molecule has 1 aliphatic rings. The van der Waals surface area contributed by atoms with E-state index >= 15 is 0 Å². The maximum atomic E-state index is 12.6. The smallest absolute Gasteiger partial charge is 0.232 e. The number of thioether (sulfide) groups is 1. The van der Waals surface area contributed by atoms with E-state index in [1.54, 1.807) is 0 Å². The predicted molar refractivity (Wildman–Crippen MR) is 123 cm³/mol. The number of benzene rings is 2. The highest BCUT2D eigenvalue weighted by molar-refractivity contribution is 9.10. The Labute approximate surface area is 189 Å². The molecule has 0 spiro atoms. The fourth-order valence-electron chi connectivity index (χ4n) is 3.39. The van der Waals surface area contributed by atoms with Crippen molar-refractivity contribution in [2.24, 2.45) is 0 Å². The number of ether oxygens (including phenoxy) is 1. The van der Waals surface area contributed by atoms with Crippen LogP contribution in [0.2, 0.25) is 0 Å². The lowest BCUT2D eigenvalue weighted by atomic mass is 10.0. The van der Waals surface area contributed by atoms with E-state index in [9.17, 15) is 4.79 Å². The summed E-state index contributed by atoms with van der Waals surface area (Å²) in [6.45, 7) is 5.40. The predicted octanol–water partition coefficient (Wildman–Crippen LogP) is 5.56. The van der Waals surface area contributed by atoms with Crippen molar-refractivity contribution in [3.05, 3.63) is 64.1 Å². The van der Waals surface area contributed by atoms with Crippen LogP contribution in [0, 0.1) is 0 Å². The summed E-state index contributed by atoms with van der Waals surface area (Å²) >= 11 is 4.99. The van der Waals surface area contributed by atoms with Gasteiger partial charge in [-0.3, -0.25) is 4.79 Å². The van der Waals surface area contributed by atoms with Gasteiger partial charge >= 0.3 is 0 Å². The van der Waals surface area contributed by atoms with Crippen molar-refractivity contribution in [2.45, 2.75) is 25.3 Å². The number of rotatable bonds is 6. The quantitative estimate of drug-likeness (QED) is 0.265. The van der Waals surface area contributed by atoms with Crippen LogP contribution in [0.15, 0.2) is 58.0 Å². The van der Waals surface area contributed by atoms with Crippen LogP contribution >= 0.6 is 27.7 Å². The molecule has 1 aliphatic heterocycles. The zero-order valence-electron chi connectivity index (χ0n) is 16.9. The van der Waals surface area contributed by atoms with Crippen molar-refractivity contribution >= 4 is 33.6 Å². The number of aromatic nitrogens is 2. The second-order valence-corrected chi connectivity index (χ2v) is 8.77. The second kappa shape index (κ2) is 9.18. The van der Waals surface area contributed by atoms with Crippen LogP contribution in [0.25, 0.3) is 11.4 Å². The van der Waals surface area contributed by atoms with Gasteiger partial charge in [0.05, 0.1) is 11.3 Å². The highest BCUT2D eigenvalue weighted by atomic mass is 79.9. The third-order valence-electron chi connectivity index (χ3n) is 5.01. The molecule has 0 atom stereocenters. The molecule has 3 aromatic rings. The average molecular weight is 484 g/mol. The number of carbonyl (C=O) groups is 1. The minimum absolute atomic E-state index is 0.110. The molecule has 5 nitrogen and oxygen atoms in total. The molecular weight excluding hydrogens is 462 g/mol. The fourth-order valence-corrected chi connectivity index (χ4v) is 4.73. The molecule has 0 N–H and O–H groups in total. The van der Waals surface area contributed by atoms with E-state index in [1.165, 1.54) is 11.8 Å². The average Bonchev–Trinajstić information content (AvgIpc) is 2.77. The van der Waals surface area contributed by atoms with E-state index < -0.39 is 0 Å². The van der Waals surface area contributed by atoms with Gasteiger partial charge < -0.3 is 9.64 Å². The summed E-state index contributed by atoms with van der Waals surface area (Å²) in [6.07, 6.45) is 0.668. The SMILES string of the molecule is CCN(CC)C(=O)CSc1nc(-c2ccccc2)nc2c1Cc1cc(Br)ccc1O2. The number of carbonyl (C=O) groups excluding carboxylic acids is 1. The lowest BCUT2D eigenvalue weighted by Crippen LogP contribution is -2.31. The summed E-state index contributed by atoms with van der Waals surface area (Å²) in [4.78, 5) is 23.9. The van der Waals surface area contributed by atoms with E-state index in [4.69, 9.17) is 14.7 Å². The number of fused-ring (bicyclic) bond motifs is 2. The first-order valence-corrected chi connectivity index (χ1v) is 11.7. The molecule has 0 fully saturated rings. The van der Waals surface area contributed by atoms with Gasteiger partial charge in [-0.05, 0) is 32.0 Å². The fraction of sp³-hybridized carbons (Fsp3) is 0.261. The van der Waals surface area contributed by atoms with Crippen LogP contribution < -0.4 is 4.74 Å². The largest absolute Gasteiger partial charge is 0.438 e. The maximum Gasteiger partial charge on any atom is 0.232 e. The first-order valence-electron chi connectivity index (χ1n) is 9.92. The molecule has 0 saturated carbocycles. The molecule has 154 valence electrons. The van der Waals surface area contributed by atoms with E-state index in [-0.39, 0.29) is 5.91 Å². The molecule has 0 aliphatic carbocycles. The van der Waals surface area contributed by atoms with Crippen LogP contribution in [-0.2, 0) is 11.2 Å². The minimum atomic E-state index is 0.110. The lowest BCUT2D eigenvalue weighted by molar-refractivity contribution is -0.127. The van der Waals surface area contributed by atoms with Crippen molar-refractivity contribution in [1.29, 1.82) is 0 Å². The molecular formula is C23H22BrN3O2S. The van der Waals surface area contributed by atoms with E-state index in [0.717, 1.165) is 31.9 Å². The molecule has 30 heavy (non-hydrogen) atoms. The number of nitrogens with zero attached hydrogens (tertiary/aromatic N) is 3. The Kier molecular flexibility index (Phi) is 6.39. The minimum Gasteiger partial charge on any atom is -0.438 e. The maximum absolute atomic E-state index is 12.6. The Morgan fingerprint density at radius 3 is 2.63 bits per heavy atom. The highest BCUT2D eigenvalue weighted by Gasteiger charge is 2.25. The van der Waals surface area contributed by atoms with Gasteiger partial charge in [0.1, 0.15) is 10.8 Å². The standard InChI is InChI=1S/C23H22BrN3O2S/c1-3-27(4-2)20(28)14-30-23-18-13-16-12-17(24)10-11-19(16)29-22(18)25-21(26-23)15-8-6-5-7-9-15/h5-12H,3-4,13-14H2,1-2H3. The number of amides is 1. The van der Waals surface area contributed by atoms with Crippen LogP contribution in [0.5, 0.6) is 11.6 Å². The van der Waals surface area contributed by atoms with Crippen molar-refractivity contribution in [1.82, 2.24) is 14.9 Å². The van der Waals surface area contributed by atoms with E-state index in [1.807, 2.05) is 61.2 Å². The number of hydrogen-bond donors (Lipinski definition) is 0. The van der Waals surface area contributed by atoms with Crippen LogP contribution in [0.3, 0.4) is 0 Å². The van der Waals surface area contributed by atoms with Crippen molar-refractivity contribution < 1.29 is 9.53 Å². The first-order chi connectivity index (χ1) is 14.6. The van der Waals surface area contributed by atoms with Gasteiger partial charge in [-0.2, -0.15) is 4.98 Å². The van der Waals surface area contributed by atoms with E-state index in [0.29, 0.717) is 37.0 Å². The normalized spacial score (nSPS) is 12.0. The first kappa shape index (κ1) is 20.9. The van der Waals surface area contributed by atoms with Crippen LogP contribution in [0.4, 0.5) is 0 Å². The number of hydrogen-bond acceptors (Lipinski definition) is 5. The Bertz CT molecular complexity index is 1070. The van der Waals surface area contributed by atoms with E-state index in [2.05, 4.69) is 22.0 Å². The zero-order chi connectivity index (χ0) is 21.1. The van der Waals surface area contributed by atoms with Crippen molar-refractivity contribution in [3.63, 3.8) is 0 Å². The van der Waals surface area contributed by atoms with Gasteiger partial charge in [-0.1, -0.05) is 58.0 Å².